The molecule has 4 heteroatoms. The Kier molecular flexibility index (Phi) is 4.06. The van der Waals surface area contributed by atoms with Crippen LogP contribution in [0.2, 0.25) is 0 Å². The molecule has 1 atom stereocenters. The third-order valence-electron chi connectivity index (χ3n) is 3.86. The SMILES string of the molecule is O=C(c1cc(F)ccc1Br)N1CCCC1c1ccccc1. The molecule has 2 aromatic carbocycles. The van der Waals surface area contributed by atoms with E-state index >= 15 is 0 Å². The number of rotatable bonds is 2. The number of carbonyl (C=O) groups is 1. The first-order valence-corrected chi connectivity index (χ1v) is 7.77. The fraction of sp³-hybridized carbons (Fsp3) is 0.235. The molecule has 0 aromatic heterocycles. The number of likely N-dealkylation sites (tertiary alicyclic amines) is 1. The van der Waals surface area contributed by atoms with Gasteiger partial charge in [-0.2, -0.15) is 0 Å². The molecule has 21 heavy (non-hydrogen) atoms. The van der Waals surface area contributed by atoms with Crippen LogP contribution in [0.15, 0.2) is 53.0 Å². The van der Waals surface area contributed by atoms with Crippen molar-refractivity contribution < 1.29 is 9.18 Å². The van der Waals surface area contributed by atoms with Gasteiger partial charge in [-0.25, -0.2) is 4.39 Å². The summed E-state index contributed by atoms with van der Waals surface area (Å²) < 4.78 is 14.1. The van der Waals surface area contributed by atoms with E-state index in [4.69, 9.17) is 0 Å². The van der Waals surface area contributed by atoms with Crippen LogP contribution >= 0.6 is 15.9 Å². The fourth-order valence-electron chi connectivity index (χ4n) is 2.85. The highest BCUT2D eigenvalue weighted by atomic mass is 79.9. The van der Waals surface area contributed by atoms with Crippen LogP contribution in [0.1, 0.15) is 34.8 Å². The van der Waals surface area contributed by atoms with Crippen molar-refractivity contribution in [3.05, 3.63) is 69.9 Å². The number of benzene rings is 2. The minimum absolute atomic E-state index is 0.0777. The molecule has 0 aliphatic carbocycles. The lowest BCUT2D eigenvalue weighted by atomic mass is 10.0. The molecular formula is C17H15BrFNO. The number of carbonyl (C=O) groups excluding carboxylic acids is 1. The van der Waals surface area contributed by atoms with Crippen molar-refractivity contribution in [3.63, 3.8) is 0 Å². The predicted molar refractivity (Wildman–Crippen MR) is 83.6 cm³/mol. The highest BCUT2D eigenvalue weighted by Gasteiger charge is 2.31. The molecule has 108 valence electrons. The molecule has 2 aromatic rings. The van der Waals surface area contributed by atoms with Gasteiger partial charge in [-0.1, -0.05) is 30.3 Å². The number of hydrogen-bond donors (Lipinski definition) is 0. The molecule has 1 fully saturated rings. The maximum atomic E-state index is 13.4. The van der Waals surface area contributed by atoms with Crippen LogP contribution in [0.4, 0.5) is 4.39 Å². The first-order chi connectivity index (χ1) is 10.2. The summed E-state index contributed by atoms with van der Waals surface area (Å²) >= 11 is 3.34. The Balaban J connectivity index is 1.92. The van der Waals surface area contributed by atoms with Gasteiger partial charge in [0.2, 0.25) is 0 Å². The van der Waals surface area contributed by atoms with E-state index < -0.39 is 5.82 Å². The Morgan fingerprint density at radius 1 is 1.19 bits per heavy atom. The van der Waals surface area contributed by atoms with Crippen LogP contribution in [-0.4, -0.2) is 17.4 Å². The highest BCUT2D eigenvalue weighted by Crippen LogP contribution is 2.34. The maximum Gasteiger partial charge on any atom is 0.255 e. The van der Waals surface area contributed by atoms with Crippen molar-refractivity contribution in [3.8, 4) is 0 Å². The molecule has 1 unspecified atom stereocenters. The summed E-state index contributed by atoms with van der Waals surface area (Å²) in [5, 5.41) is 0. The van der Waals surface area contributed by atoms with Gasteiger partial charge in [0.15, 0.2) is 0 Å². The van der Waals surface area contributed by atoms with Gasteiger partial charge in [-0.15, -0.1) is 0 Å². The van der Waals surface area contributed by atoms with Crippen LogP contribution in [0.25, 0.3) is 0 Å². The molecule has 0 saturated carbocycles. The number of hydrogen-bond acceptors (Lipinski definition) is 1. The summed E-state index contributed by atoms with van der Waals surface area (Å²) in [4.78, 5) is 14.6. The molecule has 1 aliphatic heterocycles. The number of amides is 1. The summed E-state index contributed by atoms with van der Waals surface area (Å²) in [5.41, 5.74) is 1.52. The van der Waals surface area contributed by atoms with E-state index in [9.17, 15) is 9.18 Å². The fourth-order valence-corrected chi connectivity index (χ4v) is 3.26. The van der Waals surface area contributed by atoms with Gasteiger partial charge >= 0.3 is 0 Å². The van der Waals surface area contributed by atoms with Gasteiger partial charge in [0.05, 0.1) is 11.6 Å². The summed E-state index contributed by atoms with van der Waals surface area (Å²) in [7, 11) is 0. The second kappa shape index (κ2) is 5.98. The van der Waals surface area contributed by atoms with Crippen molar-refractivity contribution in [2.75, 3.05) is 6.54 Å². The Labute approximate surface area is 131 Å². The van der Waals surface area contributed by atoms with Crippen molar-refractivity contribution in [1.82, 2.24) is 4.90 Å². The van der Waals surface area contributed by atoms with Gasteiger partial charge in [-0.3, -0.25) is 4.79 Å². The molecular weight excluding hydrogens is 333 g/mol. The molecule has 0 radical (unpaired) electrons. The molecule has 0 spiro atoms. The van der Waals surface area contributed by atoms with Crippen LogP contribution in [0, 0.1) is 5.82 Å². The van der Waals surface area contributed by atoms with E-state index in [1.54, 1.807) is 6.07 Å². The Hall–Kier alpha value is -1.68. The predicted octanol–water partition coefficient (Wildman–Crippen LogP) is 4.57. The van der Waals surface area contributed by atoms with E-state index in [1.807, 2.05) is 35.2 Å². The average molecular weight is 348 g/mol. The monoisotopic (exact) mass is 347 g/mol. The first-order valence-electron chi connectivity index (χ1n) is 6.98. The highest BCUT2D eigenvalue weighted by molar-refractivity contribution is 9.10. The van der Waals surface area contributed by atoms with Gasteiger partial charge < -0.3 is 4.90 Å². The van der Waals surface area contributed by atoms with Crippen molar-refractivity contribution >= 4 is 21.8 Å². The summed E-state index contributed by atoms with van der Waals surface area (Å²) in [6, 6.07) is 14.3. The second-order valence-corrected chi connectivity index (χ2v) is 6.05. The van der Waals surface area contributed by atoms with E-state index in [0.717, 1.165) is 18.4 Å². The van der Waals surface area contributed by atoms with E-state index in [2.05, 4.69) is 15.9 Å². The standard InChI is InChI=1S/C17H15BrFNO/c18-15-9-8-13(19)11-14(15)17(21)20-10-4-7-16(20)12-5-2-1-3-6-12/h1-3,5-6,8-9,11,16H,4,7,10H2. The normalized spacial score (nSPS) is 18.0. The first kappa shape index (κ1) is 14.3. The zero-order chi connectivity index (χ0) is 14.8. The molecule has 1 saturated heterocycles. The lowest BCUT2D eigenvalue weighted by molar-refractivity contribution is 0.0734. The van der Waals surface area contributed by atoms with Gasteiger partial charge in [-0.05, 0) is 52.5 Å². The van der Waals surface area contributed by atoms with Crippen molar-refractivity contribution in [2.45, 2.75) is 18.9 Å². The van der Waals surface area contributed by atoms with Crippen LogP contribution in [0.5, 0.6) is 0 Å². The molecule has 2 nitrogen and oxygen atoms in total. The van der Waals surface area contributed by atoms with Crippen molar-refractivity contribution in [2.24, 2.45) is 0 Å². The molecule has 0 bridgehead atoms. The minimum Gasteiger partial charge on any atom is -0.332 e. The molecule has 1 amide bonds. The lowest BCUT2D eigenvalue weighted by Crippen LogP contribution is -2.30. The number of nitrogens with zero attached hydrogens (tertiary/aromatic N) is 1. The quantitative estimate of drug-likeness (QED) is 0.779. The van der Waals surface area contributed by atoms with E-state index in [-0.39, 0.29) is 11.9 Å². The lowest BCUT2D eigenvalue weighted by Gasteiger charge is -2.25. The molecule has 1 heterocycles. The Bertz CT molecular complexity index is 659. The summed E-state index contributed by atoms with van der Waals surface area (Å²) in [5.74, 6) is -0.510. The van der Waals surface area contributed by atoms with Crippen LogP contribution < -0.4 is 0 Å². The van der Waals surface area contributed by atoms with E-state index in [1.165, 1.54) is 12.1 Å². The Morgan fingerprint density at radius 3 is 2.71 bits per heavy atom. The summed E-state index contributed by atoms with van der Waals surface area (Å²) in [6.07, 6.45) is 1.92. The van der Waals surface area contributed by atoms with Crippen LogP contribution in [-0.2, 0) is 0 Å². The van der Waals surface area contributed by atoms with Gasteiger partial charge in [0.1, 0.15) is 5.82 Å². The smallest absolute Gasteiger partial charge is 0.255 e. The van der Waals surface area contributed by atoms with Gasteiger partial charge in [0.25, 0.3) is 5.91 Å². The van der Waals surface area contributed by atoms with Crippen molar-refractivity contribution in [1.29, 1.82) is 0 Å². The topological polar surface area (TPSA) is 20.3 Å². The number of halogens is 2. The zero-order valence-corrected chi connectivity index (χ0v) is 13.0. The maximum absolute atomic E-state index is 13.4. The second-order valence-electron chi connectivity index (χ2n) is 5.19. The zero-order valence-electron chi connectivity index (χ0n) is 11.4. The largest absolute Gasteiger partial charge is 0.332 e. The third kappa shape index (κ3) is 2.86. The Morgan fingerprint density at radius 2 is 1.95 bits per heavy atom. The summed E-state index contributed by atoms with van der Waals surface area (Å²) in [6.45, 7) is 0.710. The molecule has 1 aliphatic rings. The van der Waals surface area contributed by atoms with E-state index in [0.29, 0.717) is 16.6 Å². The van der Waals surface area contributed by atoms with Crippen LogP contribution in [0.3, 0.4) is 0 Å². The third-order valence-corrected chi connectivity index (χ3v) is 4.55. The molecule has 3 rings (SSSR count). The minimum atomic E-state index is -0.392. The molecule has 0 N–H and O–H groups in total. The van der Waals surface area contributed by atoms with Gasteiger partial charge in [0, 0.05) is 11.0 Å². The average Bonchev–Trinajstić information content (AvgIpc) is 2.99.